The molecule has 2 rings (SSSR count). The Balaban J connectivity index is 2.26. The number of rotatable bonds is 5. The Kier molecular flexibility index (Phi) is 5.06. The number of nitrogens with one attached hydrogen (secondary N) is 1. The average Bonchev–Trinajstić information content (AvgIpc) is 2.56. The first-order chi connectivity index (χ1) is 11.3. The first-order valence-electron chi connectivity index (χ1n) is 7.67. The third-order valence-corrected chi connectivity index (χ3v) is 4.53. The number of nitro benzene ring substituents is 1. The Labute approximate surface area is 139 Å². The molecule has 1 aromatic carbocycles. The molecule has 0 bridgehead atoms. The molecular weight excluding hydrogens is 316 g/mol. The van der Waals surface area contributed by atoms with Gasteiger partial charge in [0.25, 0.3) is 5.91 Å². The molecule has 1 aromatic rings. The van der Waals surface area contributed by atoms with Gasteiger partial charge in [0.1, 0.15) is 5.54 Å². The maximum atomic E-state index is 12.4. The van der Waals surface area contributed by atoms with E-state index in [-0.39, 0.29) is 17.0 Å². The number of ether oxygens (including phenoxy) is 1. The lowest BCUT2D eigenvalue weighted by molar-refractivity contribution is -0.385. The maximum Gasteiger partial charge on any atom is 0.329 e. The number of hydrogen-bond donors (Lipinski definition) is 2. The molecule has 1 aliphatic rings. The van der Waals surface area contributed by atoms with E-state index in [0.29, 0.717) is 31.6 Å². The van der Waals surface area contributed by atoms with Gasteiger partial charge in [-0.25, -0.2) is 4.79 Å². The lowest BCUT2D eigenvalue weighted by Gasteiger charge is -2.36. The first kappa shape index (κ1) is 17.7. The molecule has 2 N–H and O–H groups in total. The second-order valence-corrected chi connectivity index (χ2v) is 6.17. The monoisotopic (exact) mass is 336 g/mol. The highest BCUT2D eigenvalue weighted by Crippen LogP contribution is 2.33. The highest BCUT2D eigenvalue weighted by atomic mass is 16.6. The number of nitro groups is 1. The second-order valence-electron chi connectivity index (χ2n) is 6.17. The zero-order valence-electron chi connectivity index (χ0n) is 13.6. The van der Waals surface area contributed by atoms with Gasteiger partial charge in [0, 0.05) is 11.6 Å². The topological polar surface area (TPSA) is 119 Å². The van der Waals surface area contributed by atoms with Gasteiger partial charge < -0.3 is 15.2 Å². The number of carbonyl (C=O) groups is 2. The highest BCUT2D eigenvalue weighted by Gasteiger charge is 2.42. The van der Waals surface area contributed by atoms with Crippen molar-refractivity contribution >= 4 is 17.6 Å². The summed E-state index contributed by atoms with van der Waals surface area (Å²) in [5.74, 6) is -1.27. The molecule has 0 aromatic heterocycles. The molecule has 1 saturated carbocycles. The number of carbonyl (C=O) groups excluding carboxylic acids is 1. The number of amides is 1. The first-order valence-corrected chi connectivity index (χ1v) is 7.67. The summed E-state index contributed by atoms with van der Waals surface area (Å²) in [6.45, 7) is 2.04. The maximum absolute atomic E-state index is 12.4. The summed E-state index contributed by atoms with van der Waals surface area (Å²) in [7, 11) is 1.30. The van der Waals surface area contributed by atoms with Crippen LogP contribution in [-0.2, 0) is 4.79 Å². The van der Waals surface area contributed by atoms with Crippen molar-refractivity contribution in [2.75, 3.05) is 7.11 Å². The number of benzene rings is 1. The molecule has 1 amide bonds. The van der Waals surface area contributed by atoms with Crippen molar-refractivity contribution in [2.45, 2.75) is 38.1 Å². The Bertz CT molecular complexity index is 665. The number of carboxylic acid groups (broad SMARTS) is 1. The van der Waals surface area contributed by atoms with Crippen LogP contribution in [0.3, 0.4) is 0 Å². The molecule has 8 heteroatoms. The molecule has 1 fully saturated rings. The van der Waals surface area contributed by atoms with Crippen LogP contribution in [0.2, 0.25) is 0 Å². The van der Waals surface area contributed by atoms with E-state index in [1.54, 1.807) is 0 Å². The lowest BCUT2D eigenvalue weighted by atomic mass is 9.77. The third-order valence-electron chi connectivity index (χ3n) is 4.53. The van der Waals surface area contributed by atoms with Crippen LogP contribution in [0, 0.1) is 16.0 Å². The standard InChI is InChI=1S/C16H20N2O6/c1-10-5-7-16(8-6-10,15(20)21)17-14(19)11-3-4-13(24-2)12(9-11)18(22)23/h3-4,9-10H,5-8H2,1-2H3,(H,17,19)(H,20,21). The van der Waals surface area contributed by atoms with Crippen molar-refractivity contribution in [1.29, 1.82) is 0 Å². The normalized spacial score (nSPS) is 23.3. The summed E-state index contributed by atoms with van der Waals surface area (Å²) < 4.78 is 4.89. The van der Waals surface area contributed by atoms with E-state index >= 15 is 0 Å². The minimum absolute atomic E-state index is 0.0294. The molecule has 0 atom stereocenters. The molecule has 130 valence electrons. The van der Waals surface area contributed by atoms with Crippen LogP contribution < -0.4 is 10.1 Å². The Morgan fingerprint density at radius 1 is 1.38 bits per heavy atom. The van der Waals surface area contributed by atoms with E-state index in [4.69, 9.17) is 4.74 Å². The summed E-state index contributed by atoms with van der Waals surface area (Å²) >= 11 is 0. The number of carboxylic acids is 1. The van der Waals surface area contributed by atoms with Crippen LogP contribution in [0.15, 0.2) is 18.2 Å². The summed E-state index contributed by atoms with van der Waals surface area (Å²) in [5.41, 5.74) is -1.63. The molecule has 0 radical (unpaired) electrons. The van der Waals surface area contributed by atoms with Gasteiger partial charge in [0.2, 0.25) is 0 Å². The van der Waals surface area contributed by atoms with Crippen LogP contribution in [-0.4, -0.2) is 34.6 Å². The SMILES string of the molecule is COc1ccc(C(=O)NC2(C(=O)O)CCC(C)CC2)cc1[N+](=O)[O-]. The van der Waals surface area contributed by atoms with E-state index in [1.807, 2.05) is 6.92 Å². The minimum atomic E-state index is -1.32. The van der Waals surface area contributed by atoms with Crippen molar-refractivity contribution in [3.8, 4) is 5.75 Å². The molecule has 0 spiro atoms. The summed E-state index contributed by atoms with van der Waals surface area (Å²) in [6, 6.07) is 3.79. The zero-order chi connectivity index (χ0) is 17.9. The Hall–Kier alpha value is -2.64. The van der Waals surface area contributed by atoms with Gasteiger partial charge in [-0.05, 0) is 43.7 Å². The highest BCUT2D eigenvalue weighted by molar-refractivity contribution is 5.98. The van der Waals surface area contributed by atoms with Crippen LogP contribution in [0.1, 0.15) is 43.0 Å². The van der Waals surface area contributed by atoms with Crippen LogP contribution in [0.5, 0.6) is 5.75 Å². The number of aliphatic carboxylic acids is 1. The fourth-order valence-corrected chi connectivity index (χ4v) is 2.91. The van der Waals surface area contributed by atoms with E-state index in [1.165, 1.54) is 19.2 Å². The molecule has 8 nitrogen and oxygen atoms in total. The molecule has 0 aliphatic heterocycles. The smallest absolute Gasteiger partial charge is 0.329 e. The number of methoxy groups -OCH3 is 1. The van der Waals surface area contributed by atoms with Crippen molar-refractivity contribution in [3.05, 3.63) is 33.9 Å². The van der Waals surface area contributed by atoms with Crippen LogP contribution in [0.4, 0.5) is 5.69 Å². The van der Waals surface area contributed by atoms with Crippen LogP contribution in [0.25, 0.3) is 0 Å². The molecule has 0 heterocycles. The van der Waals surface area contributed by atoms with Gasteiger partial charge >= 0.3 is 11.7 Å². The van der Waals surface area contributed by atoms with Crippen LogP contribution >= 0.6 is 0 Å². The predicted molar refractivity (Wildman–Crippen MR) is 85.1 cm³/mol. The molecular formula is C16H20N2O6. The van der Waals surface area contributed by atoms with E-state index < -0.39 is 22.3 Å². The average molecular weight is 336 g/mol. The molecule has 1 aliphatic carbocycles. The predicted octanol–water partition coefficient (Wildman–Crippen LogP) is 2.37. The number of nitrogens with zero attached hydrogens (tertiary/aromatic N) is 1. The van der Waals surface area contributed by atoms with E-state index in [9.17, 15) is 24.8 Å². The van der Waals surface area contributed by atoms with Crippen molar-refractivity contribution in [2.24, 2.45) is 5.92 Å². The summed E-state index contributed by atoms with van der Waals surface area (Å²) in [5, 5.41) is 23.2. The Morgan fingerprint density at radius 3 is 2.50 bits per heavy atom. The summed E-state index contributed by atoms with van der Waals surface area (Å²) in [4.78, 5) is 34.5. The van der Waals surface area contributed by atoms with Gasteiger partial charge in [-0.2, -0.15) is 0 Å². The molecule has 0 unspecified atom stereocenters. The molecule has 0 saturated heterocycles. The second kappa shape index (κ2) is 6.86. The Morgan fingerprint density at radius 2 is 2.00 bits per heavy atom. The largest absolute Gasteiger partial charge is 0.490 e. The fourth-order valence-electron chi connectivity index (χ4n) is 2.91. The van der Waals surface area contributed by atoms with Gasteiger partial charge in [0.05, 0.1) is 12.0 Å². The van der Waals surface area contributed by atoms with E-state index in [0.717, 1.165) is 6.07 Å². The van der Waals surface area contributed by atoms with Crippen molar-refractivity contribution in [3.63, 3.8) is 0 Å². The lowest BCUT2D eigenvalue weighted by Crippen LogP contribution is -2.56. The van der Waals surface area contributed by atoms with Gasteiger partial charge in [0.15, 0.2) is 5.75 Å². The van der Waals surface area contributed by atoms with Gasteiger partial charge in [-0.1, -0.05) is 6.92 Å². The van der Waals surface area contributed by atoms with E-state index in [2.05, 4.69) is 5.32 Å². The summed E-state index contributed by atoms with van der Waals surface area (Å²) in [6.07, 6.45) is 2.09. The van der Waals surface area contributed by atoms with Crippen molar-refractivity contribution in [1.82, 2.24) is 5.32 Å². The quantitative estimate of drug-likeness (QED) is 0.629. The molecule has 24 heavy (non-hydrogen) atoms. The van der Waals surface area contributed by atoms with Gasteiger partial charge in [-0.3, -0.25) is 14.9 Å². The zero-order valence-corrected chi connectivity index (χ0v) is 13.6. The minimum Gasteiger partial charge on any atom is -0.490 e. The van der Waals surface area contributed by atoms with Gasteiger partial charge in [-0.15, -0.1) is 0 Å². The van der Waals surface area contributed by atoms with Crippen molar-refractivity contribution < 1.29 is 24.4 Å². The fraction of sp³-hybridized carbons (Fsp3) is 0.500. The number of hydrogen-bond acceptors (Lipinski definition) is 5. The third kappa shape index (κ3) is 3.47.